The van der Waals surface area contributed by atoms with Crippen LogP contribution >= 0.6 is 11.6 Å². The Morgan fingerprint density at radius 1 is 1.08 bits per heavy atom. The summed E-state index contributed by atoms with van der Waals surface area (Å²) in [5.41, 5.74) is 2.74. The highest BCUT2D eigenvalue weighted by molar-refractivity contribution is 6.31. The van der Waals surface area contributed by atoms with E-state index in [9.17, 15) is 14.3 Å². The largest absolute Gasteiger partial charge is 0.478 e. The summed E-state index contributed by atoms with van der Waals surface area (Å²) in [5.74, 6) is -1.47. The molecule has 0 radical (unpaired) electrons. The molecule has 1 aliphatic heterocycles. The zero-order valence-electron chi connectivity index (χ0n) is 25.8. The minimum Gasteiger partial charge on any atom is -0.478 e. The molecule has 7 rings (SSSR count). The molecule has 244 valence electrons. The zero-order chi connectivity index (χ0) is 33.6. The molecule has 0 aliphatic carbocycles. The first-order valence-electron chi connectivity index (χ1n) is 15.0. The number of ether oxygens (including phenoxy) is 2. The van der Waals surface area contributed by atoms with Crippen molar-refractivity contribution in [3.63, 3.8) is 0 Å². The molecule has 4 aromatic heterocycles. The van der Waals surface area contributed by atoms with E-state index >= 15 is 4.39 Å². The first-order valence-corrected chi connectivity index (χ1v) is 15.4. The third-order valence-corrected chi connectivity index (χ3v) is 8.77. The number of benzene rings is 2. The van der Waals surface area contributed by atoms with Gasteiger partial charge in [0.05, 0.1) is 59.0 Å². The van der Waals surface area contributed by atoms with Gasteiger partial charge in [-0.2, -0.15) is 0 Å². The summed E-state index contributed by atoms with van der Waals surface area (Å²) >= 11 is 6.40. The number of imidazole rings is 1. The molecule has 6 aromatic rings. The van der Waals surface area contributed by atoms with Crippen molar-refractivity contribution in [1.29, 1.82) is 0 Å². The normalized spacial score (nSPS) is 15.6. The van der Waals surface area contributed by atoms with Gasteiger partial charge in [0.15, 0.2) is 11.6 Å². The summed E-state index contributed by atoms with van der Waals surface area (Å²) in [6.45, 7) is 4.98. The maximum atomic E-state index is 15.7. The van der Waals surface area contributed by atoms with Crippen LogP contribution in [0.2, 0.25) is 5.02 Å². The van der Waals surface area contributed by atoms with E-state index in [-0.39, 0.29) is 35.9 Å². The minimum absolute atomic E-state index is 0.109. The van der Waals surface area contributed by atoms with E-state index < -0.39 is 17.6 Å². The highest BCUT2D eigenvalue weighted by Crippen LogP contribution is 2.40. The number of carboxylic acid groups (broad SMARTS) is 1. The fourth-order valence-electron chi connectivity index (χ4n) is 5.79. The summed E-state index contributed by atoms with van der Waals surface area (Å²) in [6.07, 6.45) is 4.77. The van der Waals surface area contributed by atoms with Crippen LogP contribution in [-0.4, -0.2) is 58.8 Å². The second-order valence-corrected chi connectivity index (χ2v) is 12.6. The Morgan fingerprint density at radius 3 is 2.65 bits per heavy atom. The number of hydrogen-bond acceptors (Lipinski definition) is 8. The molecule has 11 nitrogen and oxygen atoms in total. The molecular formula is C34H28ClF2N7O4. The quantitative estimate of drug-likeness (QED) is 0.184. The summed E-state index contributed by atoms with van der Waals surface area (Å²) in [5, 5.41) is 17.6. The average Bonchev–Trinajstić information content (AvgIpc) is 3.80. The summed E-state index contributed by atoms with van der Waals surface area (Å²) in [6, 6.07) is 13.5. The molecule has 0 saturated carbocycles. The molecule has 0 amide bonds. The number of hydrogen-bond donors (Lipinski definition) is 1. The van der Waals surface area contributed by atoms with Crippen molar-refractivity contribution in [3.05, 3.63) is 112 Å². The van der Waals surface area contributed by atoms with Crippen LogP contribution in [0.4, 0.5) is 8.78 Å². The van der Waals surface area contributed by atoms with Crippen molar-refractivity contribution >= 4 is 28.6 Å². The fraction of sp³-hybridized carbons (Fsp3) is 0.235. The molecule has 1 aliphatic rings. The molecule has 0 bridgehead atoms. The summed E-state index contributed by atoms with van der Waals surface area (Å²) < 4.78 is 45.4. The SMILES string of the molecule is CC1(C)COC[C@H]1n1c(Cc2ccc(-c3ccc(F)c(OCc4cnc(-n5ccnn5)cc4Cl)n3)cc2F)nc2ccc(C(=O)O)cc21. The van der Waals surface area contributed by atoms with Gasteiger partial charge in [0.2, 0.25) is 0 Å². The monoisotopic (exact) mass is 671 g/mol. The van der Waals surface area contributed by atoms with E-state index in [2.05, 4.69) is 34.1 Å². The third kappa shape index (κ3) is 5.98. The van der Waals surface area contributed by atoms with Gasteiger partial charge in [0.25, 0.3) is 5.88 Å². The number of aromatic carboxylic acids is 1. The number of fused-ring (bicyclic) bond motifs is 1. The van der Waals surface area contributed by atoms with Crippen LogP contribution < -0.4 is 4.74 Å². The molecule has 0 spiro atoms. The Morgan fingerprint density at radius 2 is 1.94 bits per heavy atom. The lowest BCUT2D eigenvalue weighted by Gasteiger charge is -2.28. The van der Waals surface area contributed by atoms with Gasteiger partial charge in [0, 0.05) is 35.2 Å². The lowest BCUT2D eigenvalue weighted by molar-refractivity contribution is 0.0697. The van der Waals surface area contributed by atoms with Gasteiger partial charge in [-0.3, -0.25) is 0 Å². The van der Waals surface area contributed by atoms with Crippen LogP contribution in [0.3, 0.4) is 0 Å². The van der Waals surface area contributed by atoms with Crippen LogP contribution in [0.25, 0.3) is 28.1 Å². The topological polar surface area (TPSA) is 130 Å². The first-order chi connectivity index (χ1) is 23.1. The lowest BCUT2D eigenvalue weighted by atomic mass is 9.87. The van der Waals surface area contributed by atoms with Gasteiger partial charge >= 0.3 is 5.97 Å². The maximum absolute atomic E-state index is 15.7. The molecule has 48 heavy (non-hydrogen) atoms. The van der Waals surface area contributed by atoms with Crippen molar-refractivity contribution in [2.45, 2.75) is 32.9 Å². The maximum Gasteiger partial charge on any atom is 0.335 e. The minimum atomic E-state index is -1.04. The van der Waals surface area contributed by atoms with Crippen molar-refractivity contribution in [2.75, 3.05) is 13.2 Å². The van der Waals surface area contributed by atoms with Gasteiger partial charge in [0.1, 0.15) is 18.2 Å². The molecule has 1 saturated heterocycles. The number of aromatic nitrogens is 7. The molecule has 0 unspecified atom stereocenters. The van der Waals surface area contributed by atoms with E-state index in [1.54, 1.807) is 36.5 Å². The average molecular weight is 672 g/mol. The number of carboxylic acids is 1. The molecule has 5 heterocycles. The number of nitrogens with zero attached hydrogens (tertiary/aromatic N) is 7. The van der Waals surface area contributed by atoms with Crippen molar-refractivity contribution in [3.8, 4) is 23.0 Å². The van der Waals surface area contributed by atoms with Crippen LogP contribution in [0.15, 0.2) is 73.2 Å². The summed E-state index contributed by atoms with van der Waals surface area (Å²) in [7, 11) is 0. The second-order valence-electron chi connectivity index (χ2n) is 12.2. The first kappa shape index (κ1) is 31.3. The smallest absolute Gasteiger partial charge is 0.335 e. The third-order valence-electron chi connectivity index (χ3n) is 8.42. The van der Waals surface area contributed by atoms with Crippen molar-refractivity contribution in [2.24, 2.45) is 5.41 Å². The van der Waals surface area contributed by atoms with E-state index in [1.165, 1.54) is 41.3 Å². The fourth-order valence-corrected chi connectivity index (χ4v) is 5.99. The van der Waals surface area contributed by atoms with E-state index in [0.29, 0.717) is 63.3 Å². The summed E-state index contributed by atoms with van der Waals surface area (Å²) in [4.78, 5) is 25.1. The van der Waals surface area contributed by atoms with Crippen LogP contribution in [0.1, 0.15) is 47.2 Å². The zero-order valence-corrected chi connectivity index (χ0v) is 26.5. The van der Waals surface area contributed by atoms with E-state index in [0.717, 1.165) is 0 Å². The van der Waals surface area contributed by atoms with Crippen LogP contribution in [0, 0.1) is 17.0 Å². The van der Waals surface area contributed by atoms with Crippen molar-refractivity contribution in [1.82, 2.24) is 34.5 Å². The Labute approximate surface area is 277 Å². The predicted molar refractivity (Wildman–Crippen MR) is 171 cm³/mol. The highest BCUT2D eigenvalue weighted by Gasteiger charge is 2.39. The second kappa shape index (κ2) is 12.4. The van der Waals surface area contributed by atoms with Gasteiger partial charge in [-0.05, 0) is 42.0 Å². The predicted octanol–water partition coefficient (Wildman–Crippen LogP) is 6.47. The Kier molecular flexibility index (Phi) is 8.09. The number of carbonyl (C=O) groups is 1. The Balaban J connectivity index is 1.14. The van der Waals surface area contributed by atoms with Gasteiger partial charge < -0.3 is 19.1 Å². The van der Waals surface area contributed by atoms with Crippen LogP contribution in [-0.2, 0) is 17.8 Å². The van der Waals surface area contributed by atoms with Gasteiger partial charge in [-0.15, -0.1) is 5.10 Å². The molecule has 2 aromatic carbocycles. The lowest BCUT2D eigenvalue weighted by Crippen LogP contribution is -2.27. The molecule has 1 fully saturated rings. The standard InChI is InChI=1S/C34H28ClF2N7O4/c1-34(2)18-47-17-29(34)44-28-12-21(33(45)46)5-7-27(28)40-31(44)13-19-3-4-20(11-25(19)37)26-8-6-24(36)32(41-26)48-16-22-15-38-30(14-23(22)35)43-10-9-39-42-43/h3-12,14-15,29H,13,16-18H2,1-2H3,(H,45,46)/t29-/m1/s1. The van der Waals surface area contributed by atoms with Gasteiger partial charge in [-0.1, -0.05) is 42.8 Å². The highest BCUT2D eigenvalue weighted by atomic mass is 35.5. The molecular weight excluding hydrogens is 644 g/mol. The van der Waals surface area contributed by atoms with Crippen molar-refractivity contribution < 1.29 is 28.2 Å². The molecule has 1 N–H and O–H groups in total. The molecule has 1 atom stereocenters. The van der Waals surface area contributed by atoms with Crippen LogP contribution in [0.5, 0.6) is 5.88 Å². The van der Waals surface area contributed by atoms with Gasteiger partial charge in [-0.25, -0.2) is 33.2 Å². The number of pyridine rings is 2. The molecule has 14 heteroatoms. The van der Waals surface area contributed by atoms with E-state index in [4.69, 9.17) is 26.1 Å². The Bertz CT molecular complexity index is 2170. The number of halogens is 3. The van der Waals surface area contributed by atoms with E-state index in [1.807, 2.05) is 4.57 Å². The Hall–Kier alpha value is -5.27. The number of rotatable bonds is 9.